The van der Waals surface area contributed by atoms with Crippen molar-refractivity contribution in [2.45, 2.75) is 13.3 Å². The highest BCUT2D eigenvalue weighted by Gasteiger charge is 1.95. The minimum absolute atomic E-state index is 0.519. The maximum absolute atomic E-state index is 9.70. The number of hydrogen-bond acceptors (Lipinski definition) is 4. The molecule has 4 heteroatoms. The van der Waals surface area contributed by atoms with E-state index in [9.17, 15) is 4.79 Å². The molecule has 11 heavy (non-hydrogen) atoms. The van der Waals surface area contributed by atoms with Gasteiger partial charge in [-0.05, 0) is 6.92 Å². The Morgan fingerprint density at radius 2 is 2.64 bits per heavy atom. The number of hydrogen-bond donors (Lipinski definition) is 0. The predicted octanol–water partition coefficient (Wildman–Crippen LogP) is 1.33. The van der Waals surface area contributed by atoms with Crippen LogP contribution >= 0.6 is 11.3 Å². The molecule has 0 spiro atoms. The molecule has 0 amide bonds. The molecule has 0 atom stereocenters. The molecule has 0 fully saturated rings. The normalized spacial score (nSPS) is 9.18. The summed E-state index contributed by atoms with van der Waals surface area (Å²) in [5.74, 6) is 0. The van der Waals surface area contributed by atoms with Gasteiger partial charge in [0, 0.05) is 17.5 Å². The number of aliphatic imine (C=N–C) groups is 1. The van der Waals surface area contributed by atoms with Crippen LogP contribution in [0, 0.1) is 6.92 Å². The van der Waals surface area contributed by atoms with Gasteiger partial charge in [0.15, 0.2) is 0 Å². The van der Waals surface area contributed by atoms with Crippen LogP contribution in [0.5, 0.6) is 0 Å². The molecule has 0 aliphatic rings. The topological polar surface area (TPSA) is 42.3 Å². The first-order chi connectivity index (χ1) is 5.33. The van der Waals surface area contributed by atoms with Crippen LogP contribution in [-0.4, -0.2) is 17.6 Å². The average molecular weight is 168 g/mol. The van der Waals surface area contributed by atoms with E-state index in [-0.39, 0.29) is 0 Å². The number of isocyanates is 1. The average Bonchev–Trinajstić information content (AvgIpc) is 2.37. The molecule has 1 rings (SSSR count). The second-order valence-corrected chi connectivity index (χ2v) is 3.39. The molecule has 1 aromatic heterocycles. The van der Waals surface area contributed by atoms with Crippen LogP contribution in [0.1, 0.15) is 9.88 Å². The monoisotopic (exact) mass is 168 g/mol. The fourth-order valence-corrected chi connectivity index (χ4v) is 1.52. The maximum atomic E-state index is 9.70. The number of rotatable bonds is 3. The van der Waals surface area contributed by atoms with Crippen molar-refractivity contribution in [3.63, 3.8) is 0 Å². The minimum atomic E-state index is 0.519. The molecule has 3 nitrogen and oxygen atoms in total. The highest BCUT2D eigenvalue weighted by molar-refractivity contribution is 7.11. The quantitative estimate of drug-likeness (QED) is 0.504. The Balaban J connectivity index is 2.44. The smallest absolute Gasteiger partial charge is 0.234 e. The lowest BCUT2D eigenvalue weighted by atomic mass is 10.4. The first-order valence-corrected chi connectivity index (χ1v) is 4.09. The molecule has 0 radical (unpaired) electrons. The van der Waals surface area contributed by atoms with E-state index < -0.39 is 0 Å². The van der Waals surface area contributed by atoms with Crippen LogP contribution in [0.3, 0.4) is 0 Å². The fourth-order valence-electron chi connectivity index (χ4n) is 0.733. The number of aromatic nitrogens is 1. The summed E-state index contributed by atoms with van der Waals surface area (Å²) in [5, 5.41) is 1.05. The molecule has 1 aromatic rings. The molecule has 0 saturated heterocycles. The third-order valence-electron chi connectivity index (χ3n) is 1.20. The van der Waals surface area contributed by atoms with Crippen molar-refractivity contribution in [1.82, 2.24) is 4.98 Å². The molecule has 0 unspecified atom stereocenters. The predicted molar refractivity (Wildman–Crippen MR) is 43.5 cm³/mol. The molecule has 0 aliphatic heterocycles. The van der Waals surface area contributed by atoms with Gasteiger partial charge in [0.2, 0.25) is 6.08 Å². The zero-order valence-corrected chi connectivity index (χ0v) is 7.02. The highest BCUT2D eigenvalue weighted by atomic mass is 32.1. The number of thiazole rings is 1. The van der Waals surface area contributed by atoms with Crippen molar-refractivity contribution in [2.24, 2.45) is 4.99 Å². The summed E-state index contributed by atoms with van der Waals surface area (Å²) in [7, 11) is 0. The zero-order valence-electron chi connectivity index (χ0n) is 6.20. The van der Waals surface area contributed by atoms with Crippen LogP contribution in [0.25, 0.3) is 0 Å². The van der Waals surface area contributed by atoms with Crippen LogP contribution < -0.4 is 0 Å². The Bertz CT molecular complexity index is 276. The third-order valence-corrected chi connectivity index (χ3v) is 2.18. The first-order valence-electron chi connectivity index (χ1n) is 3.28. The molecule has 0 saturated carbocycles. The van der Waals surface area contributed by atoms with Crippen molar-refractivity contribution in [2.75, 3.05) is 6.54 Å². The van der Waals surface area contributed by atoms with Gasteiger partial charge in [-0.15, -0.1) is 11.3 Å². The van der Waals surface area contributed by atoms with Gasteiger partial charge in [0.05, 0.1) is 11.6 Å². The largest absolute Gasteiger partial charge is 0.250 e. The lowest BCUT2D eigenvalue weighted by Gasteiger charge is -1.85. The van der Waals surface area contributed by atoms with Gasteiger partial charge in [0.25, 0.3) is 0 Å². The van der Waals surface area contributed by atoms with Crippen molar-refractivity contribution in [3.8, 4) is 0 Å². The van der Waals surface area contributed by atoms with Crippen LogP contribution in [0.4, 0.5) is 0 Å². The van der Waals surface area contributed by atoms with E-state index in [0.29, 0.717) is 6.54 Å². The second kappa shape index (κ2) is 4.01. The Hall–Kier alpha value is -0.990. The molecule has 0 aliphatic carbocycles. The lowest BCUT2D eigenvalue weighted by molar-refractivity contribution is 0.563. The maximum Gasteiger partial charge on any atom is 0.234 e. The molecule has 0 bridgehead atoms. The molecule has 58 valence electrons. The molecule has 0 N–H and O–H groups in total. The Morgan fingerprint density at radius 3 is 3.18 bits per heavy atom. The molecular formula is C7H8N2OS. The van der Waals surface area contributed by atoms with Gasteiger partial charge in [-0.2, -0.15) is 0 Å². The number of nitrogens with zero attached hydrogens (tertiary/aromatic N) is 2. The second-order valence-electron chi connectivity index (χ2n) is 2.07. The summed E-state index contributed by atoms with van der Waals surface area (Å²) in [4.78, 5) is 18.4. The van der Waals surface area contributed by atoms with Gasteiger partial charge in [-0.3, -0.25) is 0 Å². The molecule has 1 heterocycles. The van der Waals surface area contributed by atoms with Crippen molar-refractivity contribution in [1.29, 1.82) is 0 Å². The van der Waals surface area contributed by atoms with Crippen LogP contribution in [0.15, 0.2) is 11.2 Å². The van der Waals surface area contributed by atoms with E-state index in [0.717, 1.165) is 11.4 Å². The van der Waals surface area contributed by atoms with E-state index in [2.05, 4.69) is 9.98 Å². The van der Waals surface area contributed by atoms with Crippen LogP contribution in [0.2, 0.25) is 0 Å². The van der Waals surface area contributed by atoms with E-state index in [1.165, 1.54) is 11.0 Å². The summed E-state index contributed by atoms with van der Waals surface area (Å²) in [6.45, 7) is 2.47. The summed E-state index contributed by atoms with van der Waals surface area (Å²) in [6.07, 6.45) is 4.12. The van der Waals surface area contributed by atoms with Gasteiger partial charge < -0.3 is 0 Å². The number of aryl methyl sites for hydroxylation is 1. The van der Waals surface area contributed by atoms with Crippen molar-refractivity contribution < 1.29 is 4.79 Å². The van der Waals surface area contributed by atoms with Gasteiger partial charge in [0.1, 0.15) is 0 Å². The van der Waals surface area contributed by atoms with E-state index in [1.807, 2.05) is 13.1 Å². The van der Waals surface area contributed by atoms with Crippen molar-refractivity contribution >= 4 is 17.4 Å². The SMILES string of the molecule is Cc1ncc(CCN=C=O)s1. The Labute approximate surface area is 68.8 Å². The fraction of sp³-hybridized carbons (Fsp3) is 0.429. The summed E-state index contributed by atoms with van der Waals surface area (Å²) < 4.78 is 0. The molecule has 0 aromatic carbocycles. The molecular weight excluding hydrogens is 160 g/mol. The van der Waals surface area contributed by atoms with Crippen LogP contribution in [-0.2, 0) is 11.2 Å². The van der Waals surface area contributed by atoms with E-state index in [4.69, 9.17) is 0 Å². The minimum Gasteiger partial charge on any atom is -0.250 e. The van der Waals surface area contributed by atoms with Gasteiger partial charge in [-0.25, -0.2) is 14.8 Å². The third kappa shape index (κ3) is 2.62. The van der Waals surface area contributed by atoms with Gasteiger partial charge in [-0.1, -0.05) is 0 Å². The zero-order chi connectivity index (χ0) is 8.10. The number of carbonyl (C=O) groups excluding carboxylic acids is 1. The van der Waals surface area contributed by atoms with Crippen molar-refractivity contribution in [3.05, 3.63) is 16.1 Å². The van der Waals surface area contributed by atoms with E-state index in [1.54, 1.807) is 11.3 Å². The lowest BCUT2D eigenvalue weighted by Crippen LogP contribution is -1.83. The van der Waals surface area contributed by atoms with E-state index >= 15 is 0 Å². The summed E-state index contributed by atoms with van der Waals surface area (Å²) in [5.41, 5.74) is 0. The first kappa shape index (κ1) is 8.11. The standard InChI is InChI=1S/C7H8N2OS/c1-6-9-4-7(11-6)2-3-8-5-10/h4H,2-3H2,1H3. The van der Waals surface area contributed by atoms with Gasteiger partial charge >= 0.3 is 0 Å². The highest BCUT2D eigenvalue weighted by Crippen LogP contribution is 2.11. The Morgan fingerprint density at radius 1 is 1.82 bits per heavy atom. The Kier molecular flexibility index (Phi) is 2.95. The summed E-state index contributed by atoms with van der Waals surface area (Å²) >= 11 is 1.64. The summed E-state index contributed by atoms with van der Waals surface area (Å²) in [6, 6.07) is 0.